The molecule has 3 aliphatic rings. The highest BCUT2D eigenvalue weighted by Gasteiger charge is 2.45. The van der Waals surface area contributed by atoms with Gasteiger partial charge in [-0.15, -0.1) is 0 Å². The summed E-state index contributed by atoms with van der Waals surface area (Å²) in [5.41, 5.74) is 0. The Labute approximate surface area is 154 Å². The molecule has 8 heteroatoms. The molecule has 0 aromatic rings. The van der Waals surface area contributed by atoms with Crippen LogP contribution < -0.4 is 0 Å². The van der Waals surface area contributed by atoms with Gasteiger partial charge in [0.25, 0.3) is 0 Å². The Morgan fingerprint density at radius 2 is 1.15 bits per heavy atom. The monoisotopic (exact) mass is 370 g/mol. The van der Waals surface area contributed by atoms with Crippen LogP contribution in [0.1, 0.15) is 25.7 Å². The van der Waals surface area contributed by atoms with Crippen molar-refractivity contribution in [2.75, 3.05) is 40.4 Å². The molecule has 3 rings (SSSR count). The first kappa shape index (κ1) is 19.5. The number of rotatable bonds is 4. The fraction of sp³-hybridized carbons (Fsp3) is 0.889. The van der Waals surface area contributed by atoms with Crippen molar-refractivity contribution in [3.63, 3.8) is 0 Å². The molecule has 148 valence electrons. The highest BCUT2D eigenvalue weighted by molar-refractivity contribution is 5.88. The summed E-state index contributed by atoms with van der Waals surface area (Å²) in [5, 5.41) is 20.0. The molecule has 3 fully saturated rings. The van der Waals surface area contributed by atoms with Crippen molar-refractivity contribution in [2.24, 2.45) is 11.8 Å². The minimum absolute atomic E-state index is 0.0651. The van der Waals surface area contributed by atoms with E-state index < -0.39 is 12.2 Å². The molecule has 2 N–H and O–H groups in total. The number of carbonyl (C=O) groups is 2. The largest absolute Gasteiger partial charge is 0.388 e. The lowest BCUT2D eigenvalue weighted by molar-refractivity contribution is -0.147. The number of likely N-dealkylation sites (tertiary alicyclic amines) is 2. The second-order valence-electron chi connectivity index (χ2n) is 7.67. The predicted octanol–water partition coefficient (Wildman–Crippen LogP) is -0.771. The van der Waals surface area contributed by atoms with E-state index in [0.29, 0.717) is 25.9 Å². The molecule has 0 unspecified atom stereocenters. The Balaban J connectivity index is 1.68. The van der Waals surface area contributed by atoms with Gasteiger partial charge in [0, 0.05) is 52.2 Å². The van der Waals surface area contributed by atoms with Gasteiger partial charge in [-0.1, -0.05) is 12.8 Å². The summed E-state index contributed by atoms with van der Waals surface area (Å²) in [4.78, 5) is 29.3. The molecule has 1 saturated carbocycles. The number of ether oxygens (including phenoxy) is 2. The van der Waals surface area contributed by atoms with Crippen molar-refractivity contribution >= 4 is 11.8 Å². The Morgan fingerprint density at radius 3 is 1.46 bits per heavy atom. The van der Waals surface area contributed by atoms with Crippen molar-refractivity contribution in [3.8, 4) is 0 Å². The van der Waals surface area contributed by atoms with E-state index in [4.69, 9.17) is 9.47 Å². The van der Waals surface area contributed by atoms with E-state index in [1.807, 2.05) is 0 Å². The minimum Gasteiger partial charge on any atom is -0.388 e. The number of hydrogen-bond acceptors (Lipinski definition) is 6. The Bertz CT molecular complexity index is 484. The number of hydrogen-bond donors (Lipinski definition) is 2. The van der Waals surface area contributed by atoms with Crippen LogP contribution in [0, 0.1) is 11.8 Å². The van der Waals surface area contributed by atoms with Crippen LogP contribution in [0.5, 0.6) is 0 Å². The fourth-order valence-corrected chi connectivity index (χ4v) is 4.53. The van der Waals surface area contributed by atoms with Gasteiger partial charge in [-0.3, -0.25) is 9.59 Å². The van der Waals surface area contributed by atoms with Crippen LogP contribution in [0.3, 0.4) is 0 Å². The lowest BCUT2D eigenvalue weighted by atomic mass is 9.77. The molecule has 26 heavy (non-hydrogen) atoms. The zero-order valence-corrected chi connectivity index (χ0v) is 15.5. The second-order valence-corrected chi connectivity index (χ2v) is 7.67. The van der Waals surface area contributed by atoms with E-state index in [1.54, 1.807) is 9.80 Å². The minimum atomic E-state index is -0.683. The van der Waals surface area contributed by atoms with Gasteiger partial charge in [0.1, 0.15) is 12.2 Å². The van der Waals surface area contributed by atoms with Crippen LogP contribution in [-0.4, -0.2) is 96.6 Å². The van der Waals surface area contributed by atoms with Gasteiger partial charge in [0.15, 0.2) is 0 Å². The average Bonchev–Trinajstić information content (AvgIpc) is 3.22. The van der Waals surface area contributed by atoms with E-state index in [1.165, 1.54) is 14.2 Å². The maximum absolute atomic E-state index is 13.0. The number of carbonyl (C=O) groups excluding carboxylic acids is 2. The average molecular weight is 370 g/mol. The SMILES string of the molecule is CO[C@@H]1CN(C(=O)[C@@H]2CCCC[C@H]2C(=O)N2C[C@@H](O)[C@H](OC)C2)C[C@H]1O. The molecule has 0 aromatic heterocycles. The summed E-state index contributed by atoms with van der Waals surface area (Å²) < 4.78 is 10.4. The van der Waals surface area contributed by atoms with Gasteiger partial charge >= 0.3 is 0 Å². The first-order chi connectivity index (χ1) is 12.5. The van der Waals surface area contributed by atoms with Crippen LogP contribution in [0.2, 0.25) is 0 Å². The third-order valence-electron chi connectivity index (χ3n) is 6.10. The molecule has 0 bridgehead atoms. The summed E-state index contributed by atoms with van der Waals surface area (Å²) in [6.45, 7) is 1.23. The molecular weight excluding hydrogens is 340 g/mol. The number of nitrogens with zero attached hydrogens (tertiary/aromatic N) is 2. The molecule has 0 aromatic carbocycles. The van der Waals surface area contributed by atoms with Gasteiger partial charge in [-0.05, 0) is 12.8 Å². The lowest BCUT2D eigenvalue weighted by Gasteiger charge is -2.34. The second kappa shape index (κ2) is 8.21. The van der Waals surface area contributed by atoms with E-state index in [0.717, 1.165) is 12.8 Å². The smallest absolute Gasteiger partial charge is 0.226 e. The van der Waals surface area contributed by atoms with Crippen molar-refractivity contribution in [3.05, 3.63) is 0 Å². The van der Waals surface area contributed by atoms with Gasteiger partial charge in [-0.25, -0.2) is 0 Å². The van der Waals surface area contributed by atoms with Gasteiger partial charge in [0.05, 0.1) is 12.2 Å². The van der Waals surface area contributed by atoms with Crippen molar-refractivity contribution in [2.45, 2.75) is 50.1 Å². The van der Waals surface area contributed by atoms with Gasteiger partial charge < -0.3 is 29.5 Å². The maximum Gasteiger partial charge on any atom is 0.226 e. The van der Waals surface area contributed by atoms with E-state index in [9.17, 15) is 19.8 Å². The molecule has 2 saturated heterocycles. The first-order valence-corrected chi connectivity index (χ1v) is 9.45. The predicted molar refractivity (Wildman–Crippen MR) is 92.2 cm³/mol. The number of aliphatic hydroxyl groups excluding tert-OH is 2. The first-order valence-electron chi connectivity index (χ1n) is 9.45. The zero-order chi connectivity index (χ0) is 18.8. The summed E-state index contributed by atoms with van der Waals surface area (Å²) in [6.07, 6.45) is 1.12. The summed E-state index contributed by atoms with van der Waals surface area (Å²) in [6, 6.07) is 0. The van der Waals surface area contributed by atoms with Crippen LogP contribution in [0.4, 0.5) is 0 Å². The van der Waals surface area contributed by atoms with E-state index in [2.05, 4.69) is 0 Å². The molecule has 0 spiro atoms. The summed E-state index contributed by atoms with van der Waals surface area (Å²) >= 11 is 0. The molecule has 1 aliphatic carbocycles. The third-order valence-corrected chi connectivity index (χ3v) is 6.10. The number of methoxy groups -OCH3 is 2. The van der Waals surface area contributed by atoms with E-state index in [-0.39, 0.29) is 48.9 Å². The zero-order valence-electron chi connectivity index (χ0n) is 15.5. The topological polar surface area (TPSA) is 99.5 Å². The number of amides is 2. The molecular formula is C18H30N2O6. The van der Waals surface area contributed by atoms with Crippen LogP contribution in [0.15, 0.2) is 0 Å². The molecule has 8 nitrogen and oxygen atoms in total. The van der Waals surface area contributed by atoms with Crippen molar-refractivity contribution in [1.82, 2.24) is 9.80 Å². The third kappa shape index (κ3) is 3.74. The summed E-state index contributed by atoms with van der Waals surface area (Å²) in [5.74, 6) is -0.857. The van der Waals surface area contributed by atoms with Crippen LogP contribution >= 0.6 is 0 Å². The maximum atomic E-state index is 13.0. The highest BCUT2D eigenvalue weighted by atomic mass is 16.5. The molecule has 6 atom stereocenters. The number of β-amino-alcohol motifs (C(OH)–C–C–N with tert-alkyl or cyclic N) is 2. The van der Waals surface area contributed by atoms with Gasteiger partial charge in [-0.2, -0.15) is 0 Å². The normalized spacial score (nSPS) is 38.0. The highest BCUT2D eigenvalue weighted by Crippen LogP contribution is 2.34. The molecule has 2 aliphatic heterocycles. The van der Waals surface area contributed by atoms with Crippen molar-refractivity contribution < 1.29 is 29.3 Å². The number of aliphatic hydroxyl groups is 2. The Morgan fingerprint density at radius 1 is 0.769 bits per heavy atom. The standard InChI is InChI=1S/C18H30N2O6/c1-25-15-9-19(7-13(15)21)17(23)11-5-3-4-6-12(11)18(24)20-8-14(22)16(10-20)26-2/h11-16,21-22H,3-10H2,1-2H3/t11-,12-,13-,14-,15-,16-/m1/s1. The molecule has 2 amide bonds. The Hall–Kier alpha value is -1.22. The van der Waals surface area contributed by atoms with Crippen LogP contribution in [-0.2, 0) is 19.1 Å². The van der Waals surface area contributed by atoms with E-state index >= 15 is 0 Å². The lowest BCUT2D eigenvalue weighted by Crippen LogP contribution is -2.46. The fourth-order valence-electron chi connectivity index (χ4n) is 4.53. The molecule has 2 heterocycles. The summed E-state index contributed by atoms with van der Waals surface area (Å²) in [7, 11) is 3.05. The van der Waals surface area contributed by atoms with Crippen molar-refractivity contribution in [1.29, 1.82) is 0 Å². The quantitative estimate of drug-likeness (QED) is 0.674. The van der Waals surface area contributed by atoms with Crippen LogP contribution in [0.25, 0.3) is 0 Å². The molecule has 0 radical (unpaired) electrons. The van der Waals surface area contributed by atoms with Gasteiger partial charge in [0.2, 0.25) is 11.8 Å². The Kier molecular flexibility index (Phi) is 6.17.